The van der Waals surface area contributed by atoms with Crippen LogP contribution in [0.4, 0.5) is 0 Å². The summed E-state index contributed by atoms with van der Waals surface area (Å²) in [5.74, 6) is 0.368. The standard InChI is InChI=1S/C25H27NO/c1-19(2)24(22-12-8-5-9-13-22)26(18-21-10-6-4-7-11-21)25(27)23-16-14-20(3)15-17-23/h4-17,19,24H,18H2,1-3H3. The van der Waals surface area contributed by atoms with Crippen molar-refractivity contribution in [2.45, 2.75) is 33.4 Å². The lowest BCUT2D eigenvalue weighted by atomic mass is 9.93. The Morgan fingerprint density at radius 3 is 1.93 bits per heavy atom. The lowest BCUT2D eigenvalue weighted by Crippen LogP contribution is -2.37. The first-order chi connectivity index (χ1) is 13.1. The highest BCUT2D eigenvalue weighted by Crippen LogP contribution is 2.31. The molecule has 138 valence electrons. The maximum atomic E-state index is 13.5. The molecule has 27 heavy (non-hydrogen) atoms. The van der Waals surface area contributed by atoms with Crippen molar-refractivity contribution in [3.05, 3.63) is 107 Å². The van der Waals surface area contributed by atoms with Crippen molar-refractivity contribution in [3.8, 4) is 0 Å². The van der Waals surface area contributed by atoms with E-state index >= 15 is 0 Å². The smallest absolute Gasteiger partial charge is 0.254 e. The summed E-state index contributed by atoms with van der Waals surface area (Å²) < 4.78 is 0. The van der Waals surface area contributed by atoms with Crippen molar-refractivity contribution in [3.63, 3.8) is 0 Å². The van der Waals surface area contributed by atoms with E-state index in [1.54, 1.807) is 0 Å². The van der Waals surface area contributed by atoms with Crippen LogP contribution in [0, 0.1) is 12.8 Å². The summed E-state index contributed by atoms with van der Waals surface area (Å²) >= 11 is 0. The Morgan fingerprint density at radius 2 is 1.37 bits per heavy atom. The summed E-state index contributed by atoms with van der Waals surface area (Å²) in [5.41, 5.74) is 4.20. The molecule has 0 aliphatic rings. The summed E-state index contributed by atoms with van der Waals surface area (Å²) in [7, 11) is 0. The van der Waals surface area contributed by atoms with Crippen molar-refractivity contribution in [2.75, 3.05) is 0 Å². The first-order valence-electron chi connectivity index (χ1n) is 9.53. The van der Waals surface area contributed by atoms with E-state index in [0.29, 0.717) is 12.5 Å². The highest BCUT2D eigenvalue weighted by atomic mass is 16.2. The van der Waals surface area contributed by atoms with Gasteiger partial charge in [0.25, 0.3) is 5.91 Å². The van der Waals surface area contributed by atoms with Gasteiger partial charge in [-0.15, -0.1) is 0 Å². The predicted octanol–water partition coefficient (Wildman–Crippen LogP) is 6.03. The molecule has 1 amide bonds. The monoisotopic (exact) mass is 357 g/mol. The average Bonchev–Trinajstić information content (AvgIpc) is 2.69. The van der Waals surface area contributed by atoms with E-state index in [1.807, 2.05) is 72.5 Å². The Morgan fingerprint density at radius 1 is 0.815 bits per heavy atom. The molecule has 3 rings (SSSR count). The first kappa shape index (κ1) is 18.9. The molecular formula is C25H27NO. The third-order valence-electron chi connectivity index (χ3n) is 4.86. The Kier molecular flexibility index (Phi) is 6.08. The van der Waals surface area contributed by atoms with Crippen LogP contribution in [-0.4, -0.2) is 10.8 Å². The van der Waals surface area contributed by atoms with Crippen LogP contribution in [0.15, 0.2) is 84.9 Å². The number of amides is 1. The van der Waals surface area contributed by atoms with E-state index in [2.05, 4.69) is 38.1 Å². The van der Waals surface area contributed by atoms with Gasteiger partial charge in [-0.2, -0.15) is 0 Å². The molecule has 0 aliphatic carbocycles. The Balaban J connectivity index is 2.02. The summed E-state index contributed by atoms with van der Waals surface area (Å²) in [4.78, 5) is 15.5. The molecule has 2 heteroatoms. The molecule has 0 aromatic heterocycles. The van der Waals surface area contributed by atoms with Gasteiger partial charge in [-0.25, -0.2) is 0 Å². The van der Waals surface area contributed by atoms with Crippen LogP contribution in [0.1, 0.15) is 46.9 Å². The molecule has 0 spiro atoms. The maximum Gasteiger partial charge on any atom is 0.254 e. The van der Waals surface area contributed by atoms with Crippen molar-refractivity contribution in [2.24, 2.45) is 5.92 Å². The molecule has 2 nitrogen and oxygen atoms in total. The molecule has 3 aromatic rings. The summed E-state index contributed by atoms with van der Waals surface area (Å²) in [5, 5.41) is 0. The SMILES string of the molecule is Cc1ccc(C(=O)N(Cc2ccccc2)C(c2ccccc2)C(C)C)cc1. The highest BCUT2D eigenvalue weighted by molar-refractivity contribution is 5.94. The van der Waals surface area contributed by atoms with Gasteiger partial charge in [0.15, 0.2) is 0 Å². The first-order valence-corrected chi connectivity index (χ1v) is 9.53. The van der Waals surface area contributed by atoms with E-state index in [4.69, 9.17) is 0 Å². The van der Waals surface area contributed by atoms with Crippen molar-refractivity contribution < 1.29 is 4.79 Å². The second kappa shape index (κ2) is 8.68. The minimum absolute atomic E-state index is 0.0141. The zero-order chi connectivity index (χ0) is 19.2. The zero-order valence-electron chi connectivity index (χ0n) is 16.3. The van der Waals surface area contributed by atoms with Crippen LogP contribution in [-0.2, 0) is 6.54 Å². The van der Waals surface area contributed by atoms with E-state index in [0.717, 1.165) is 16.7 Å². The van der Waals surface area contributed by atoms with E-state index in [1.165, 1.54) is 5.56 Å². The minimum atomic E-state index is 0.0141. The highest BCUT2D eigenvalue weighted by Gasteiger charge is 2.28. The van der Waals surface area contributed by atoms with Gasteiger partial charge in [-0.1, -0.05) is 92.2 Å². The normalized spacial score (nSPS) is 12.0. The lowest BCUT2D eigenvalue weighted by Gasteiger charge is -2.35. The molecule has 0 radical (unpaired) electrons. The topological polar surface area (TPSA) is 20.3 Å². The van der Waals surface area contributed by atoms with Crippen molar-refractivity contribution in [1.82, 2.24) is 4.90 Å². The summed E-state index contributed by atoms with van der Waals surface area (Å²) in [6.45, 7) is 6.98. The largest absolute Gasteiger partial charge is 0.327 e. The van der Waals surface area contributed by atoms with Gasteiger partial charge in [-0.05, 0) is 36.1 Å². The Bertz CT molecular complexity index is 854. The fourth-order valence-electron chi connectivity index (χ4n) is 3.51. The molecular weight excluding hydrogens is 330 g/mol. The van der Waals surface area contributed by atoms with Crippen LogP contribution >= 0.6 is 0 Å². The number of nitrogens with zero attached hydrogens (tertiary/aromatic N) is 1. The van der Waals surface area contributed by atoms with Gasteiger partial charge in [0.1, 0.15) is 0 Å². The van der Waals surface area contributed by atoms with Gasteiger partial charge < -0.3 is 4.90 Å². The van der Waals surface area contributed by atoms with Gasteiger partial charge in [0.05, 0.1) is 6.04 Å². The molecule has 0 bridgehead atoms. The molecule has 0 saturated heterocycles. The van der Waals surface area contributed by atoms with E-state index in [9.17, 15) is 4.79 Å². The molecule has 0 aliphatic heterocycles. The van der Waals surface area contributed by atoms with Crippen LogP contribution in [0.2, 0.25) is 0 Å². The number of benzene rings is 3. The number of hydrogen-bond acceptors (Lipinski definition) is 1. The molecule has 1 unspecified atom stereocenters. The van der Waals surface area contributed by atoms with Crippen LogP contribution in [0.25, 0.3) is 0 Å². The van der Waals surface area contributed by atoms with Gasteiger partial charge in [0, 0.05) is 12.1 Å². The molecule has 0 heterocycles. The number of carbonyl (C=O) groups excluding carboxylic acids is 1. The molecule has 0 fully saturated rings. The lowest BCUT2D eigenvalue weighted by molar-refractivity contribution is 0.0602. The zero-order valence-corrected chi connectivity index (χ0v) is 16.3. The quantitative estimate of drug-likeness (QED) is 0.527. The predicted molar refractivity (Wildman–Crippen MR) is 112 cm³/mol. The fourth-order valence-corrected chi connectivity index (χ4v) is 3.51. The van der Waals surface area contributed by atoms with Crippen LogP contribution < -0.4 is 0 Å². The Labute approximate surface area is 162 Å². The molecule has 0 saturated carbocycles. The fraction of sp³-hybridized carbons (Fsp3) is 0.240. The summed E-state index contributed by atoms with van der Waals surface area (Å²) in [6, 6.07) is 28.4. The van der Waals surface area contributed by atoms with Gasteiger partial charge in [-0.3, -0.25) is 4.79 Å². The van der Waals surface area contributed by atoms with Gasteiger partial charge in [0.2, 0.25) is 0 Å². The van der Waals surface area contributed by atoms with Crippen LogP contribution in [0.5, 0.6) is 0 Å². The molecule has 3 aromatic carbocycles. The molecule has 1 atom stereocenters. The maximum absolute atomic E-state index is 13.5. The van der Waals surface area contributed by atoms with Crippen LogP contribution in [0.3, 0.4) is 0 Å². The number of aryl methyl sites for hydroxylation is 1. The van der Waals surface area contributed by atoms with Gasteiger partial charge >= 0.3 is 0 Å². The summed E-state index contributed by atoms with van der Waals surface area (Å²) in [6.07, 6.45) is 0. The van der Waals surface area contributed by atoms with E-state index in [-0.39, 0.29) is 11.9 Å². The number of hydrogen-bond donors (Lipinski definition) is 0. The van der Waals surface area contributed by atoms with E-state index < -0.39 is 0 Å². The van der Waals surface area contributed by atoms with Crippen molar-refractivity contribution in [1.29, 1.82) is 0 Å². The minimum Gasteiger partial charge on any atom is -0.327 e. The second-order valence-electron chi connectivity index (χ2n) is 7.38. The second-order valence-corrected chi connectivity index (χ2v) is 7.38. The van der Waals surface area contributed by atoms with Crippen molar-refractivity contribution >= 4 is 5.91 Å². The Hall–Kier alpha value is -2.87. The average molecular weight is 357 g/mol. The number of carbonyl (C=O) groups is 1. The number of rotatable bonds is 6. The third-order valence-corrected chi connectivity index (χ3v) is 4.86. The third kappa shape index (κ3) is 4.65. The molecule has 0 N–H and O–H groups in total.